The van der Waals surface area contributed by atoms with Crippen molar-refractivity contribution in [2.75, 3.05) is 6.61 Å². The van der Waals surface area contributed by atoms with E-state index in [1.807, 2.05) is 37.3 Å². The van der Waals surface area contributed by atoms with Gasteiger partial charge in [0, 0.05) is 5.25 Å². The van der Waals surface area contributed by atoms with Gasteiger partial charge in [0.1, 0.15) is 5.25 Å². The molecule has 1 aromatic rings. The molecule has 1 rings (SSSR count). The number of rotatable bonds is 6. The average Bonchev–Trinajstić information content (AvgIpc) is 2.36. The van der Waals surface area contributed by atoms with Gasteiger partial charge in [0.2, 0.25) is 0 Å². The zero-order chi connectivity index (χ0) is 12.7. The molecular weight excluding hydrogens is 232 g/mol. The fraction of sp³-hybridized carbons (Fsp3) is 0.500. The third-order valence-corrected chi connectivity index (χ3v) is 4.08. The highest BCUT2D eigenvalue weighted by Gasteiger charge is 2.24. The number of esters is 1. The van der Waals surface area contributed by atoms with Crippen molar-refractivity contribution in [3.8, 4) is 0 Å². The molecule has 0 aromatic heterocycles. The molecule has 0 bridgehead atoms. The minimum absolute atomic E-state index is 0.135. The second kappa shape index (κ2) is 7.38. The standard InChI is InChI=1S/C14H20O2S/c1-4-11(3)17-13(14(15)16-5-2)12-9-7-6-8-10-12/h6-11,13H,4-5H2,1-3H3. The normalized spacial score (nSPS) is 14.1. The van der Waals surface area contributed by atoms with Gasteiger partial charge in [-0.15, -0.1) is 11.8 Å². The first-order valence-corrected chi connectivity index (χ1v) is 7.00. The van der Waals surface area contributed by atoms with E-state index < -0.39 is 0 Å². The van der Waals surface area contributed by atoms with Crippen LogP contribution in [0.3, 0.4) is 0 Å². The zero-order valence-electron chi connectivity index (χ0n) is 10.7. The highest BCUT2D eigenvalue weighted by molar-refractivity contribution is 8.00. The highest BCUT2D eigenvalue weighted by atomic mass is 32.2. The molecule has 94 valence electrons. The maximum absolute atomic E-state index is 12.0. The van der Waals surface area contributed by atoms with E-state index in [0.717, 1.165) is 12.0 Å². The second-order valence-corrected chi connectivity index (χ2v) is 5.45. The topological polar surface area (TPSA) is 26.3 Å². The van der Waals surface area contributed by atoms with Crippen molar-refractivity contribution >= 4 is 17.7 Å². The summed E-state index contributed by atoms with van der Waals surface area (Å²) < 4.78 is 5.14. The molecule has 0 fully saturated rings. The molecular formula is C14H20O2S. The summed E-state index contributed by atoms with van der Waals surface area (Å²) >= 11 is 1.67. The largest absolute Gasteiger partial charge is 0.465 e. The molecule has 0 aliphatic carbocycles. The lowest BCUT2D eigenvalue weighted by Crippen LogP contribution is -2.15. The van der Waals surface area contributed by atoms with Crippen LogP contribution in [0.15, 0.2) is 30.3 Å². The average molecular weight is 252 g/mol. The first kappa shape index (κ1) is 14.1. The summed E-state index contributed by atoms with van der Waals surface area (Å²) in [6, 6.07) is 9.84. The Morgan fingerprint density at radius 3 is 2.47 bits per heavy atom. The minimum atomic E-state index is -0.203. The SMILES string of the molecule is CCOC(=O)C(SC(C)CC)c1ccccc1. The maximum atomic E-state index is 12.0. The molecule has 2 nitrogen and oxygen atoms in total. The van der Waals surface area contributed by atoms with E-state index in [-0.39, 0.29) is 11.2 Å². The molecule has 0 aliphatic rings. The number of hydrogen-bond donors (Lipinski definition) is 0. The molecule has 3 heteroatoms. The number of ether oxygens (including phenoxy) is 1. The Bertz CT molecular complexity index is 337. The van der Waals surface area contributed by atoms with Crippen molar-refractivity contribution in [2.45, 2.75) is 37.7 Å². The number of carbonyl (C=O) groups is 1. The third-order valence-electron chi connectivity index (χ3n) is 2.55. The Kier molecular flexibility index (Phi) is 6.12. The first-order valence-electron chi connectivity index (χ1n) is 6.06. The van der Waals surface area contributed by atoms with Gasteiger partial charge in [-0.25, -0.2) is 0 Å². The molecule has 2 unspecified atom stereocenters. The van der Waals surface area contributed by atoms with Crippen molar-refractivity contribution in [1.29, 1.82) is 0 Å². The molecule has 0 heterocycles. The lowest BCUT2D eigenvalue weighted by atomic mass is 10.1. The molecule has 0 amide bonds. The first-order chi connectivity index (χ1) is 8.19. The third kappa shape index (κ3) is 4.43. The fourth-order valence-electron chi connectivity index (χ4n) is 1.44. The van der Waals surface area contributed by atoms with Crippen LogP contribution in [0.2, 0.25) is 0 Å². The Morgan fingerprint density at radius 2 is 1.94 bits per heavy atom. The van der Waals surface area contributed by atoms with Crippen molar-refractivity contribution in [2.24, 2.45) is 0 Å². The van der Waals surface area contributed by atoms with Gasteiger partial charge in [0.25, 0.3) is 0 Å². The molecule has 0 spiro atoms. The van der Waals surface area contributed by atoms with Gasteiger partial charge in [-0.05, 0) is 18.9 Å². The molecule has 0 saturated carbocycles. The van der Waals surface area contributed by atoms with Crippen molar-refractivity contribution < 1.29 is 9.53 Å². The van der Waals surface area contributed by atoms with Gasteiger partial charge in [-0.2, -0.15) is 0 Å². The summed E-state index contributed by atoms with van der Waals surface area (Å²) in [5.74, 6) is -0.135. The van der Waals surface area contributed by atoms with Gasteiger partial charge in [0.15, 0.2) is 0 Å². The Labute approximate surface area is 108 Å². The summed E-state index contributed by atoms with van der Waals surface area (Å²) in [6.45, 7) is 6.54. The lowest BCUT2D eigenvalue weighted by Gasteiger charge is -2.18. The summed E-state index contributed by atoms with van der Waals surface area (Å²) in [4.78, 5) is 12.0. The lowest BCUT2D eigenvalue weighted by molar-refractivity contribution is -0.142. The van der Waals surface area contributed by atoms with Gasteiger partial charge >= 0.3 is 5.97 Å². The van der Waals surface area contributed by atoms with Crippen LogP contribution in [-0.2, 0) is 9.53 Å². The number of thioether (sulfide) groups is 1. The molecule has 0 saturated heterocycles. The molecule has 2 atom stereocenters. The summed E-state index contributed by atoms with van der Waals surface area (Å²) in [5, 5.41) is 0.246. The summed E-state index contributed by atoms with van der Waals surface area (Å²) in [5.41, 5.74) is 1.02. The van der Waals surface area contributed by atoms with Crippen LogP contribution < -0.4 is 0 Å². The molecule has 17 heavy (non-hydrogen) atoms. The smallest absolute Gasteiger partial charge is 0.323 e. The number of benzene rings is 1. The number of carbonyl (C=O) groups excluding carboxylic acids is 1. The summed E-state index contributed by atoms with van der Waals surface area (Å²) in [6.07, 6.45) is 1.05. The van der Waals surface area contributed by atoms with Crippen LogP contribution in [0.4, 0.5) is 0 Å². The minimum Gasteiger partial charge on any atom is -0.465 e. The van der Waals surface area contributed by atoms with E-state index in [1.54, 1.807) is 11.8 Å². The quantitative estimate of drug-likeness (QED) is 0.720. The predicted octanol–water partition coefficient (Wildman–Crippen LogP) is 3.82. The second-order valence-electron chi connectivity index (χ2n) is 3.90. The predicted molar refractivity (Wildman–Crippen MR) is 73.2 cm³/mol. The van der Waals surface area contributed by atoms with E-state index >= 15 is 0 Å². The molecule has 1 aromatic carbocycles. The highest BCUT2D eigenvalue weighted by Crippen LogP contribution is 2.34. The fourth-order valence-corrected chi connectivity index (χ4v) is 2.60. The van der Waals surface area contributed by atoms with Crippen LogP contribution in [0.25, 0.3) is 0 Å². The molecule has 0 N–H and O–H groups in total. The number of hydrogen-bond acceptors (Lipinski definition) is 3. The van der Waals surface area contributed by atoms with E-state index in [2.05, 4.69) is 13.8 Å². The van der Waals surface area contributed by atoms with Crippen molar-refractivity contribution in [1.82, 2.24) is 0 Å². The Balaban J connectivity index is 2.82. The van der Waals surface area contributed by atoms with E-state index in [0.29, 0.717) is 11.9 Å². The summed E-state index contributed by atoms with van der Waals surface area (Å²) in [7, 11) is 0. The van der Waals surface area contributed by atoms with Crippen molar-refractivity contribution in [3.05, 3.63) is 35.9 Å². The van der Waals surface area contributed by atoms with Gasteiger partial charge in [-0.3, -0.25) is 4.79 Å². The van der Waals surface area contributed by atoms with Crippen LogP contribution >= 0.6 is 11.8 Å². The van der Waals surface area contributed by atoms with Crippen LogP contribution in [0.1, 0.15) is 38.0 Å². The van der Waals surface area contributed by atoms with E-state index in [4.69, 9.17) is 4.74 Å². The molecule has 0 aliphatic heterocycles. The van der Waals surface area contributed by atoms with Gasteiger partial charge in [0.05, 0.1) is 6.61 Å². The van der Waals surface area contributed by atoms with Crippen molar-refractivity contribution in [3.63, 3.8) is 0 Å². The molecule has 0 radical (unpaired) electrons. The van der Waals surface area contributed by atoms with Gasteiger partial charge in [-0.1, -0.05) is 44.2 Å². The Morgan fingerprint density at radius 1 is 1.29 bits per heavy atom. The van der Waals surface area contributed by atoms with Crippen LogP contribution in [0.5, 0.6) is 0 Å². The maximum Gasteiger partial charge on any atom is 0.323 e. The zero-order valence-corrected chi connectivity index (χ0v) is 11.5. The monoisotopic (exact) mass is 252 g/mol. The van der Waals surface area contributed by atoms with Crippen LogP contribution in [-0.4, -0.2) is 17.8 Å². The van der Waals surface area contributed by atoms with Crippen LogP contribution in [0, 0.1) is 0 Å². The van der Waals surface area contributed by atoms with Gasteiger partial charge < -0.3 is 4.74 Å². The van der Waals surface area contributed by atoms with E-state index in [1.165, 1.54) is 0 Å². The Hall–Kier alpha value is -0.960. The van der Waals surface area contributed by atoms with E-state index in [9.17, 15) is 4.79 Å².